The molecule has 11 heteroatoms. The highest BCUT2D eigenvalue weighted by Gasteiger charge is 2.32. The summed E-state index contributed by atoms with van der Waals surface area (Å²) in [6.07, 6.45) is 3.87. The zero-order chi connectivity index (χ0) is 28.5. The van der Waals surface area contributed by atoms with E-state index < -0.39 is 30.9 Å². The number of unbranched alkanes of at least 4 members (excludes halogenated alkanes) is 4. The smallest absolute Gasteiger partial charge is 0.407 e. The van der Waals surface area contributed by atoms with E-state index in [0.717, 1.165) is 38.5 Å². The largest absolute Gasteiger partial charge is 0.461 e. The minimum Gasteiger partial charge on any atom is -0.461 e. The monoisotopic (exact) mass is 557 g/mol. The molecule has 0 saturated heterocycles. The van der Waals surface area contributed by atoms with Crippen molar-refractivity contribution in [1.82, 2.24) is 15.2 Å². The van der Waals surface area contributed by atoms with Crippen LogP contribution in [0.1, 0.15) is 108 Å². The lowest BCUT2D eigenvalue weighted by atomic mass is 9.95. The number of rotatable bonds is 19. The molecule has 0 spiro atoms. The van der Waals surface area contributed by atoms with Crippen molar-refractivity contribution in [3.8, 4) is 0 Å². The second-order valence-corrected chi connectivity index (χ2v) is 10.6. The topological polar surface area (TPSA) is 138 Å². The van der Waals surface area contributed by atoms with Crippen LogP contribution in [0.4, 0.5) is 4.79 Å². The lowest BCUT2D eigenvalue weighted by Crippen LogP contribution is -2.45. The van der Waals surface area contributed by atoms with Crippen LogP contribution in [0.5, 0.6) is 0 Å². The molecular formula is C27H47N3O7S. The predicted molar refractivity (Wildman–Crippen MR) is 147 cm³/mol. The van der Waals surface area contributed by atoms with Crippen LogP contribution in [-0.4, -0.2) is 76.5 Å². The summed E-state index contributed by atoms with van der Waals surface area (Å²) in [5.74, 6) is -0.402. The SMILES string of the molecule is CCCCCCN(C(=O)CCCC)C(CC(OC(=O)NCC(O)CO)c1nc(C(=O)OCC)cs1)C(C)C. The quantitative estimate of drug-likeness (QED) is 0.167. The number of nitrogens with zero attached hydrogens (tertiary/aromatic N) is 2. The van der Waals surface area contributed by atoms with Gasteiger partial charge in [0.2, 0.25) is 5.91 Å². The summed E-state index contributed by atoms with van der Waals surface area (Å²) in [5, 5.41) is 23.1. The third kappa shape index (κ3) is 12.1. The van der Waals surface area contributed by atoms with Gasteiger partial charge in [0.25, 0.3) is 0 Å². The Morgan fingerprint density at radius 1 is 1.11 bits per heavy atom. The van der Waals surface area contributed by atoms with Gasteiger partial charge in [-0.05, 0) is 25.7 Å². The number of aromatic nitrogens is 1. The van der Waals surface area contributed by atoms with Crippen LogP contribution in [0.25, 0.3) is 0 Å². The number of thiazole rings is 1. The number of aliphatic hydroxyl groups excluding tert-OH is 2. The fourth-order valence-corrected chi connectivity index (χ4v) is 4.83. The fourth-order valence-electron chi connectivity index (χ4n) is 4.00. The molecule has 0 aromatic carbocycles. The minimum absolute atomic E-state index is 0.0709. The first kappa shape index (κ1) is 33.8. The van der Waals surface area contributed by atoms with Gasteiger partial charge in [-0.1, -0.05) is 53.4 Å². The third-order valence-corrected chi connectivity index (χ3v) is 7.10. The van der Waals surface area contributed by atoms with Gasteiger partial charge >= 0.3 is 12.1 Å². The standard InChI is InChI=1S/C27H47N3O7S/c1-6-9-11-12-14-30(24(33)13-10-7-2)22(19(4)5)15-23(37-27(35)28-16-20(32)17-31)25-29-21(18-38-25)26(34)36-8-3/h18-20,22-23,31-32H,6-17H2,1-5H3,(H,28,35). The molecule has 218 valence electrons. The van der Waals surface area contributed by atoms with Gasteiger partial charge in [0.15, 0.2) is 11.8 Å². The van der Waals surface area contributed by atoms with Crippen molar-refractivity contribution in [2.24, 2.45) is 5.92 Å². The molecule has 3 N–H and O–H groups in total. The number of hydrogen-bond acceptors (Lipinski definition) is 9. The molecule has 1 aromatic rings. The summed E-state index contributed by atoms with van der Waals surface area (Å²) >= 11 is 1.19. The number of amides is 2. The van der Waals surface area contributed by atoms with Crippen molar-refractivity contribution in [2.45, 2.75) is 104 Å². The van der Waals surface area contributed by atoms with Crippen molar-refractivity contribution in [3.05, 3.63) is 16.1 Å². The third-order valence-electron chi connectivity index (χ3n) is 6.17. The van der Waals surface area contributed by atoms with Crippen LogP contribution >= 0.6 is 11.3 Å². The molecule has 0 radical (unpaired) electrons. The Morgan fingerprint density at radius 3 is 2.42 bits per heavy atom. The molecule has 0 bridgehead atoms. The van der Waals surface area contributed by atoms with Crippen LogP contribution in [0.2, 0.25) is 0 Å². The van der Waals surface area contributed by atoms with E-state index in [1.54, 1.807) is 12.3 Å². The van der Waals surface area contributed by atoms with Gasteiger partial charge in [0, 0.05) is 37.4 Å². The van der Waals surface area contributed by atoms with Crippen molar-refractivity contribution in [1.29, 1.82) is 0 Å². The zero-order valence-electron chi connectivity index (χ0n) is 23.6. The van der Waals surface area contributed by atoms with Gasteiger partial charge in [-0.3, -0.25) is 4.79 Å². The highest BCUT2D eigenvalue weighted by molar-refractivity contribution is 7.09. The second kappa shape index (κ2) is 18.9. The van der Waals surface area contributed by atoms with E-state index in [1.807, 2.05) is 18.7 Å². The van der Waals surface area contributed by atoms with Crippen molar-refractivity contribution in [2.75, 3.05) is 26.3 Å². The predicted octanol–water partition coefficient (Wildman–Crippen LogP) is 4.45. The summed E-state index contributed by atoms with van der Waals surface area (Å²) in [7, 11) is 0. The molecule has 0 saturated carbocycles. The molecule has 3 unspecified atom stereocenters. The van der Waals surface area contributed by atoms with Crippen molar-refractivity contribution in [3.63, 3.8) is 0 Å². The molecule has 3 atom stereocenters. The number of hydrogen-bond donors (Lipinski definition) is 3. The average molecular weight is 558 g/mol. The lowest BCUT2D eigenvalue weighted by molar-refractivity contribution is -0.135. The van der Waals surface area contributed by atoms with E-state index in [1.165, 1.54) is 11.3 Å². The zero-order valence-corrected chi connectivity index (χ0v) is 24.4. The molecule has 0 aliphatic heterocycles. The van der Waals surface area contributed by atoms with E-state index in [2.05, 4.69) is 24.1 Å². The first-order valence-electron chi connectivity index (χ1n) is 13.8. The molecule has 38 heavy (non-hydrogen) atoms. The highest BCUT2D eigenvalue weighted by atomic mass is 32.1. The van der Waals surface area contributed by atoms with Crippen LogP contribution in [0.3, 0.4) is 0 Å². The number of carbonyl (C=O) groups is 3. The Hall–Kier alpha value is -2.24. The van der Waals surface area contributed by atoms with E-state index in [-0.39, 0.29) is 36.7 Å². The van der Waals surface area contributed by atoms with Gasteiger partial charge in [-0.25, -0.2) is 14.6 Å². The van der Waals surface area contributed by atoms with Crippen LogP contribution in [-0.2, 0) is 14.3 Å². The first-order chi connectivity index (χ1) is 18.2. The Balaban J connectivity index is 3.25. The Bertz CT molecular complexity index is 833. The van der Waals surface area contributed by atoms with E-state index in [0.29, 0.717) is 24.4 Å². The van der Waals surface area contributed by atoms with Gasteiger partial charge in [0.05, 0.1) is 19.3 Å². The number of ether oxygens (including phenoxy) is 2. The van der Waals surface area contributed by atoms with Crippen LogP contribution in [0.15, 0.2) is 5.38 Å². The minimum atomic E-state index is -1.12. The number of esters is 1. The number of aliphatic hydroxyl groups is 2. The van der Waals surface area contributed by atoms with Crippen molar-refractivity contribution < 1.29 is 34.1 Å². The van der Waals surface area contributed by atoms with Gasteiger partial charge in [-0.2, -0.15) is 0 Å². The number of alkyl carbamates (subject to hydrolysis) is 1. The van der Waals surface area contributed by atoms with E-state index >= 15 is 0 Å². The molecular weight excluding hydrogens is 510 g/mol. The summed E-state index contributed by atoms with van der Waals surface area (Å²) in [6.45, 7) is 10.1. The molecule has 0 fully saturated rings. The molecule has 2 amide bonds. The molecule has 1 rings (SSSR count). The lowest BCUT2D eigenvalue weighted by Gasteiger charge is -2.36. The molecule has 0 aliphatic carbocycles. The highest BCUT2D eigenvalue weighted by Crippen LogP contribution is 2.31. The van der Waals surface area contributed by atoms with Gasteiger partial charge in [-0.15, -0.1) is 11.3 Å². The number of nitrogens with one attached hydrogen (secondary N) is 1. The maximum absolute atomic E-state index is 13.3. The van der Waals surface area contributed by atoms with Crippen LogP contribution < -0.4 is 5.32 Å². The summed E-state index contributed by atoms with van der Waals surface area (Å²) in [5.41, 5.74) is 0.133. The van der Waals surface area contributed by atoms with E-state index in [4.69, 9.17) is 14.6 Å². The van der Waals surface area contributed by atoms with Crippen LogP contribution in [0, 0.1) is 5.92 Å². The van der Waals surface area contributed by atoms with Crippen molar-refractivity contribution >= 4 is 29.3 Å². The molecule has 1 aromatic heterocycles. The molecule has 10 nitrogen and oxygen atoms in total. The summed E-state index contributed by atoms with van der Waals surface area (Å²) < 4.78 is 10.8. The summed E-state index contributed by atoms with van der Waals surface area (Å²) in [6, 6.07) is -0.225. The van der Waals surface area contributed by atoms with E-state index in [9.17, 15) is 19.5 Å². The fraction of sp³-hybridized carbons (Fsp3) is 0.778. The second-order valence-electron chi connectivity index (χ2n) is 9.70. The number of carbonyl (C=O) groups excluding carboxylic acids is 3. The average Bonchev–Trinajstić information content (AvgIpc) is 3.39. The Morgan fingerprint density at radius 2 is 1.82 bits per heavy atom. The molecule has 1 heterocycles. The Kier molecular flexibility index (Phi) is 16.8. The van der Waals surface area contributed by atoms with Gasteiger partial charge in [0.1, 0.15) is 5.01 Å². The maximum atomic E-state index is 13.3. The molecule has 0 aliphatic rings. The Labute approximate surface area is 231 Å². The maximum Gasteiger partial charge on any atom is 0.407 e. The first-order valence-corrected chi connectivity index (χ1v) is 14.7. The van der Waals surface area contributed by atoms with Gasteiger partial charge < -0.3 is 29.9 Å². The normalized spacial score (nSPS) is 13.6. The summed E-state index contributed by atoms with van der Waals surface area (Å²) in [4.78, 5) is 44.5.